The second kappa shape index (κ2) is 9.94. The highest BCUT2D eigenvalue weighted by atomic mass is 32.2. The first-order valence-electron chi connectivity index (χ1n) is 10.9. The highest BCUT2D eigenvalue weighted by Gasteiger charge is 2.31. The van der Waals surface area contributed by atoms with Crippen molar-refractivity contribution < 1.29 is 14.3 Å². The van der Waals surface area contributed by atoms with Gasteiger partial charge in [0.1, 0.15) is 17.5 Å². The lowest BCUT2D eigenvalue weighted by atomic mass is 9.95. The number of benzene rings is 1. The van der Waals surface area contributed by atoms with E-state index in [2.05, 4.69) is 29.4 Å². The predicted molar refractivity (Wildman–Crippen MR) is 126 cm³/mol. The first-order valence-corrected chi connectivity index (χ1v) is 12.3. The van der Waals surface area contributed by atoms with Crippen LogP contribution in [-0.4, -0.2) is 63.6 Å². The lowest BCUT2D eigenvalue weighted by Gasteiger charge is -2.34. The second-order valence-electron chi connectivity index (χ2n) is 9.22. The van der Waals surface area contributed by atoms with Gasteiger partial charge in [0.05, 0.1) is 11.0 Å². The van der Waals surface area contributed by atoms with Crippen molar-refractivity contribution in [1.82, 2.24) is 20.2 Å². The van der Waals surface area contributed by atoms with Gasteiger partial charge in [0, 0.05) is 19.0 Å². The maximum atomic E-state index is 13.1. The summed E-state index contributed by atoms with van der Waals surface area (Å²) >= 11 is 1.66. The summed E-state index contributed by atoms with van der Waals surface area (Å²) < 4.78 is 5.36. The van der Waals surface area contributed by atoms with Crippen LogP contribution >= 0.6 is 11.8 Å². The number of ether oxygens (including phenoxy) is 1. The number of aromatic nitrogens is 2. The predicted octanol–water partition coefficient (Wildman–Crippen LogP) is 4.22. The number of carbonyl (C=O) groups excluding carboxylic acids is 2. The summed E-state index contributed by atoms with van der Waals surface area (Å²) in [6.07, 6.45) is 3.75. The number of nitrogens with zero attached hydrogens (tertiary/aromatic N) is 2. The molecule has 2 amide bonds. The smallest absolute Gasteiger partial charge is 0.408 e. The molecule has 1 atom stereocenters. The number of fused-ring (bicyclic) bond motifs is 1. The molecule has 2 N–H and O–H groups in total. The molecule has 1 aromatic carbocycles. The van der Waals surface area contributed by atoms with Gasteiger partial charge in [-0.15, -0.1) is 0 Å². The van der Waals surface area contributed by atoms with Crippen molar-refractivity contribution in [3.05, 3.63) is 29.6 Å². The third-order valence-electron chi connectivity index (χ3n) is 5.45. The van der Waals surface area contributed by atoms with E-state index in [9.17, 15) is 9.59 Å². The third-order valence-corrected chi connectivity index (χ3v) is 6.09. The number of rotatable bonds is 6. The minimum Gasteiger partial charge on any atom is -0.444 e. The molecule has 2 heterocycles. The molecule has 1 aromatic heterocycles. The number of aromatic amines is 1. The zero-order valence-corrected chi connectivity index (χ0v) is 20.0. The molecule has 1 fully saturated rings. The average Bonchev–Trinajstić information content (AvgIpc) is 3.12. The van der Waals surface area contributed by atoms with Crippen molar-refractivity contribution in [3.63, 3.8) is 0 Å². The number of aryl methyl sites for hydroxylation is 1. The van der Waals surface area contributed by atoms with Gasteiger partial charge in [-0.1, -0.05) is 6.07 Å². The fraction of sp³-hybridized carbons (Fsp3) is 0.609. The average molecular weight is 447 g/mol. The van der Waals surface area contributed by atoms with E-state index in [-0.39, 0.29) is 5.91 Å². The van der Waals surface area contributed by atoms with E-state index in [1.165, 1.54) is 5.56 Å². The summed E-state index contributed by atoms with van der Waals surface area (Å²) in [4.78, 5) is 35.5. The molecule has 0 bridgehead atoms. The van der Waals surface area contributed by atoms with Crippen LogP contribution in [0.1, 0.15) is 57.3 Å². The fourth-order valence-electron chi connectivity index (χ4n) is 3.87. The van der Waals surface area contributed by atoms with Crippen molar-refractivity contribution >= 4 is 34.8 Å². The van der Waals surface area contributed by atoms with E-state index in [1.807, 2.05) is 38.0 Å². The van der Waals surface area contributed by atoms with Crippen molar-refractivity contribution in [2.45, 2.75) is 64.5 Å². The monoisotopic (exact) mass is 446 g/mol. The molecular weight excluding hydrogens is 412 g/mol. The van der Waals surface area contributed by atoms with Crippen LogP contribution in [0.25, 0.3) is 11.0 Å². The number of H-pyrrole nitrogens is 1. The second-order valence-corrected chi connectivity index (χ2v) is 10.2. The van der Waals surface area contributed by atoms with Crippen LogP contribution in [0, 0.1) is 6.92 Å². The zero-order chi connectivity index (χ0) is 22.6. The van der Waals surface area contributed by atoms with E-state index in [4.69, 9.17) is 9.72 Å². The molecule has 170 valence electrons. The lowest BCUT2D eigenvalue weighted by Crippen LogP contribution is -2.51. The van der Waals surface area contributed by atoms with Gasteiger partial charge < -0.3 is 19.9 Å². The number of piperidine rings is 1. The van der Waals surface area contributed by atoms with Crippen LogP contribution in [0.3, 0.4) is 0 Å². The Balaban J connectivity index is 1.61. The van der Waals surface area contributed by atoms with Gasteiger partial charge in [-0.25, -0.2) is 9.78 Å². The van der Waals surface area contributed by atoms with Crippen LogP contribution in [0.2, 0.25) is 0 Å². The zero-order valence-electron chi connectivity index (χ0n) is 19.2. The van der Waals surface area contributed by atoms with Gasteiger partial charge in [0.25, 0.3) is 0 Å². The van der Waals surface area contributed by atoms with Crippen molar-refractivity contribution in [3.8, 4) is 0 Å². The van der Waals surface area contributed by atoms with Crippen LogP contribution in [-0.2, 0) is 9.53 Å². The van der Waals surface area contributed by atoms with E-state index >= 15 is 0 Å². The van der Waals surface area contributed by atoms with Gasteiger partial charge in [0.2, 0.25) is 5.91 Å². The van der Waals surface area contributed by atoms with Crippen LogP contribution in [0.4, 0.5) is 4.79 Å². The number of likely N-dealkylation sites (tertiary alicyclic amines) is 1. The van der Waals surface area contributed by atoms with Gasteiger partial charge in [-0.05, 0) is 76.7 Å². The molecule has 0 radical (unpaired) electrons. The SMILES string of the molecule is CSCCC(NC(=O)OC(C)(C)C)C(=O)N1CCC(c2nc3ccc(C)cc3[nH]2)CC1. The summed E-state index contributed by atoms with van der Waals surface area (Å²) in [5.41, 5.74) is 2.66. The molecule has 1 unspecified atom stereocenters. The molecule has 7 nitrogen and oxygen atoms in total. The molecule has 1 aliphatic rings. The summed E-state index contributed by atoms with van der Waals surface area (Å²) in [5, 5.41) is 2.79. The lowest BCUT2D eigenvalue weighted by molar-refractivity contribution is -0.134. The van der Waals surface area contributed by atoms with Crippen LogP contribution in [0.5, 0.6) is 0 Å². The molecule has 0 spiro atoms. The minimum absolute atomic E-state index is 0.0291. The Labute approximate surface area is 188 Å². The number of thioether (sulfide) groups is 1. The largest absolute Gasteiger partial charge is 0.444 e. The molecule has 31 heavy (non-hydrogen) atoms. The number of carbonyl (C=O) groups is 2. The molecule has 3 rings (SSSR count). The van der Waals surface area contributed by atoms with Crippen molar-refractivity contribution in [1.29, 1.82) is 0 Å². The van der Waals surface area contributed by atoms with Crippen molar-refractivity contribution in [2.24, 2.45) is 0 Å². The first kappa shape index (κ1) is 23.4. The number of imidazole rings is 1. The number of amides is 2. The van der Waals surface area contributed by atoms with Gasteiger partial charge in [-0.3, -0.25) is 4.79 Å². The molecule has 0 saturated carbocycles. The quantitative estimate of drug-likeness (QED) is 0.694. The Morgan fingerprint density at radius 1 is 1.32 bits per heavy atom. The molecule has 2 aromatic rings. The number of hydrogen-bond acceptors (Lipinski definition) is 5. The highest BCUT2D eigenvalue weighted by Crippen LogP contribution is 2.28. The Kier molecular flexibility index (Phi) is 7.51. The molecule has 1 saturated heterocycles. The molecule has 0 aliphatic carbocycles. The van der Waals surface area contributed by atoms with E-state index in [1.54, 1.807) is 11.8 Å². The van der Waals surface area contributed by atoms with E-state index in [0.29, 0.717) is 25.4 Å². The first-order chi connectivity index (χ1) is 14.7. The van der Waals surface area contributed by atoms with E-state index < -0.39 is 17.7 Å². The maximum absolute atomic E-state index is 13.1. The Morgan fingerprint density at radius 3 is 2.68 bits per heavy atom. The Bertz CT molecular complexity index is 913. The number of hydrogen-bond donors (Lipinski definition) is 2. The summed E-state index contributed by atoms with van der Waals surface area (Å²) in [6, 6.07) is 5.67. The Hall–Kier alpha value is -2.22. The topological polar surface area (TPSA) is 87.3 Å². The van der Waals surface area contributed by atoms with Crippen molar-refractivity contribution in [2.75, 3.05) is 25.1 Å². The van der Waals surface area contributed by atoms with Crippen LogP contribution in [0.15, 0.2) is 18.2 Å². The molecule has 1 aliphatic heterocycles. The summed E-state index contributed by atoms with van der Waals surface area (Å²) in [5.74, 6) is 2.07. The van der Waals surface area contributed by atoms with E-state index in [0.717, 1.165) is 35.5 Å². The summed E-state index contributed by atoms with van der Waals surface area (Å²) in [6.45, 7) is 8.83. The standard InChI is InChI=1S/C23H34N4O3S/c1-15-6-7-17-19(14-15)25-20(24-17)16-8-11-27(12-9-16)21(28)18(10-13-31-5)26-22(29)30-23(2,3)4/h6-7,14,16,18H,8-13H2,1-5H3,(H,24,25)(H,26,29). The fourth-order valence-corrected chi connectivity index (χ4v) is 4.34. The maximum Gasteiger partial charge on any atom is 0.408 e. The molecule has 8 heteroatoms. The van der Waals surface area contributed by atoms with Gasteiger partial charge >= 0.3 is 6.09 Å². The number of alkyl carbamates (subject to hydrolysis) is 1. The molecular formula is C23H34N4O3S. The summed E-state index contributed by atoms with van der Waals surface area (Å²) in [7, 11) is 0. The van der Waals surface area contributed by atoms with Gasteiger partial charge in [0.15, 0.2) is 0 Å². The normalized spacial score (nSPS) is 16.4. The highest BCUT2D eigenvalue weighted by molar-refractivity contribution is 7.98. The Morgan fingerprint density at radius 2 is 2.03 bits per heavy atom. The van der Waals surface area contributed by atoms with Gasteiger partial charge in [-0.2, -0.15) is 11.8 Å². The minimum atomic E-state index is -0.597. The van der Waals surface area contributed by atoms with Crippen LogP contribution < -0.4 is 5.32 Å². The third kappa shape index (κ3) is 6.38. The number of nitrogens with one attached hydrogen (secondary N) is 2.